The van der Waals surface area contributed by atoms with Gasteiger partial charge in [-0.15, -0.1) is 0 Å². The fourth-order valence-corrected chi connectivity index (χ4v) is 3.06. The van der Waals surface area contributed by atoms with E-state index in [0.29, 0.717) is 43.4 Å². The van der Waals surface area contributed by atoms with Crippen LogP contribution < -0.4 is 10.2 Å². The van der Waals surface area contributed by atoms with Gasteiger partial charge in [-0.25, -0.2) is 9.18 Å². The number of nitrogens with one attached hydrogen (secondary N) is 1. The number of carbonyl (C=O) groups excluding carboxylic acids is 1. The summed E-state index contributed by atoms with van der Waals surface area (Å²) < 4.78 is 13.8. The fraction of sp³-hybridized carbons (Fsp3) is 0.316. The Labute approximate surface area is 152 Å². The second kappa shape index (κ2) is 8.21. The molecule has 1 fully saturated rings. The molecule has 0 spiro atoms. The standard InChI is InChI=1S/C19H21ClFN3O/c20-16-7-5-15(6-8-16)9-10-22-19(25)24-13-11-23(12-14-24)18-4-2-1-3-17(18)21/h1-8H,9-14H2,(H,22,25). The van der Waals surface area contributed by atoms with Gasteiger partial charge in [0.2, 0.25) is 0 Å². The number of hydrogen-bond acceptors (Lipinski definition) is 2. The number of piperazine rings is 1. The number of hydrogen-bond donors (Lipinski definition) is 1. The zero-order valence-electron chi connectivity index (χ0n) is 13.9. The number of carbonyl (C=O) groups is 1. The highest BCUT2D eigenvalue weighted by Crippen LogP contribution is 2.20. The van der Waals surface area contributed by atoms with Gasteiger partial charge >= 0.3 is 6.03 Å². The molecule has 0 unspecified atom stereocenters. The van der Waals surface area contributed by atoms with Crippen LogP contribution in [0.5, 0.6) is 0 Å². The molecule has 1 saturated heterocycles. The third kappa shape index (κ3) is 4.63. The lowest BCUT2D eigenvalue weighted by Crippen LogP contribution is -2.52. The molecule has 25 heavy (non-hydrogen) atoms. The van der Waals surface area contributed by atoms with E-state index in [1.54, 1.807) is 17.0 Å². The van der Waals surface area contributed by atoms with Gasteiger partial charge < -0.3 is 15.1 Å². The molecule has 0 saturated carbocycles. The fourth-order valence-electron chi connectivity index (χ4n) is 2.94. The maximum absolute atomic E-state index is 13.8. The SMILES string of the molecule is O=C(NCCc1ccc(Cl)cc1)N1CCN(c2ccccc2F)CC1. The quantitative estimate of drug-likeness (QED) is 0.903. The number of nitrogens with zero attached hydrogens (tertiary/aromatic N) is 2. The molecule has 4 nitrogen and oxygen atoms in total. The first-order valence-corrected chi connectivity index (χ1v) is 8.78. The van der Waals surface area contributed by atoms with E-state index in [2.05, 4.69) is 5.32 Å². The predicted molar refractivity (Wildman–Crippen MR) is 98.7 cm³/mol. The number of anilines is 1. The molecule has 0 atom stereocenters. The zero-order chi connectivity index (χ0) is 17.6. The van der Waals surface area contributed by atoms with Gasteiger partial charge in [-0.2, -0.15) is 0 Å². The molecule has 1 N–H and O–H groups in total. The average molecular weight is 362 g/mol. The Kier molecular flexibility index (Phi) is 5.76. The average Bonchev–Trinajstić information content (AvgIpc) is 2.64. The minimum absolute atomic E-state index is 0.0675. The molecule has 132 valence electrons. The summed E-state index contributed by atoms with van der Waals surface area (Å²) >= 11 is 5.86. The zero-order valence-corrected chi connectivity index (χ0v) is 14.7. The van der Waals surface area contributed by atoms with Crippen LogP contribution in [0.4, 0.5) is 14.9 Å². The lowest BCUT2D eigenvalue weighted by molar-refractivity contribution is 0.194. The minimum atomic E-state index is -0.219. The van der Waals surface area contributed by atoms with Crippen LogP contribution in [0.1, 0.15) is 5.56 Å². The number of urea groups is 1. The second-order valence-electron chi connectivity index (χ2n) is 6.03. The maximum atomic E-state index is 13.8. The van der Waals surface area contributed by atoms with Gasteiger partial charge in [0.25, 0.3) is 0 Å². The van der Waals surface area contributed by atoms with E-state index in [4.69, 9.17) is 11.6 Å². The normalized spacial score (nSPS) is 14.5. The molecule has 2 aromatic carbocycles. The van der Waals surface area contributed by atoms with Gasteiger partial charge in [0.05, 0.1) is 5.69 Å². The molecular weight excluding hydrogens is 341 g/mol. The first-order chi connectivity index (χ1) is 12.1. The van der Waals surface area contributed by atoms with Crippen LogP contribution in [0.2, 0.25) is 5.02 Å². The van der Waals surface area contributed by atoms with Crippen molar-refractivity contribution in [1.29, 1.82) is 0 Å². The summed E-state index contributed by atoms with van der Waals surface area (Å²) in [6.07, 6.45) is 0.762. The largest absolute Gasteiger partial charge is 0.366 e. The second-order valence-corrected chi connectivity index (χ2v) is 6.47. The van der Waals surface area contributed by atoms with E-state index in [9.17, 15) is 9.18 Å². The first-order valence-electron chi connectivity index (χ1n) is 8.40. The summed E-state index contributed by atoms with van der Waals surface area (Å²) in [5.41, 5.74) is 1.74. The van der Waals surface area contributed by atoms with Gasteiger partial charge in [-0.05, 0) is 36.2 Å². The van der Waals surface area contributed by atoms with Crippen molar-refractivity contribution in [2.45, 2.75) is 6.42 Å². The molecule has 0 aromatic heterocycles. The van der Waals surface area contributed by atoms with Crippen LogP contribution in [0, 0.1) is 5.82 Å². The molecule has 2 aromatic rings. The Morgan fingerprint density at radius 1 is 1.04 bits per heavy atom. The highest BCUT2D eigenvalue weighted by molar-refractivity contribution is 6.30. The van der Waals surface area contributed by atoms with Crippen LogP contribution in [-0.4, -0.2) is 43.7 Å². The first kappa shape index (κ1) is 17.5. The Balaban J connectivity index is 1.44. The molecule has 6 heteroatoms. The molecule has 1 heterocycles. The molecule has 0 bridgehead atoms. The number of para-hydroxylation sites is 1. The summed E-state index contributed by atoms with van der Waals surface area (Å²) in [7, 11) is 0. The monoisotopic (exact) mass is 361 g/mol. The maximum Gasteiger partial charge on any atom is 0.317 e. The van der Waals surface area contributed by atoms with E-state index in [-0.39, 0.29) is 11.8 Å². The Morgan fingerprint density at radius 2 is 1.72 bits per heavy atom. The van der Waals surface area contributed by atoms with E-state index >= 15 is 0 Å². The van der Waals surface area contributed by atoms with Crippen LogP contribution >= 0.6 is 11.6 Å². The molecular formula is C19H21ClFN3O. The van der Waals surface area contributed by atoms with Gasteiger partial charge in [0.15, 0.2) is 0 Å². The van der Waals surface area contributed by atoms with Crippen molar-refractivity contribution in [2.24, 2.45) is 0 Å². The number of amides is 2. The third-order valence-corrected chi connectivity index (χ3v) is 4.62. The van der Waals surface area contributed by atoms with Crippen molar-refractivity contribution >= 4 is 23.3 Å². The summed E-state index contributed by atoms with van der Waals surface area (Å²) in [5.74, 6) is -0.219. The summed E-state index contributed by atoms with van der Waals surface area (Å²) in [6.45, 7) is 3.01. The van der Waals surface area contributed by atoms with Crippen molar-refractivity contribution < 1.29 is 9.18 Å². The van der Waals surface area contributed by atoms with Gasteiger partial charge in [0, 0.05) is 37.7 Å². The van der Waals surface area contributed by atoms with Crippen LogP contribution in [-0.2, 0) is 6.42 Å². The summed E-state index contributed by atoms with van der Waals surface area (Å²) in [4.78, 5) is 16.0. The number of benzene rings is 2. The Hall–Kier alpha value is -2.27. The molecule has 0 radical (unpaired) electrons. The van der Waals surface area contributed by atoms with Crippen molar-refractivity contribution in [3.63, 3.8) is 0 Å². The highest BCUT2D eigenvalue weighted by atomic mass is 35.5. The van der Waals surface area contributed by atoms with Gasteiger partial charge in [-0.1, -0.05) is 35.9 Å². The Morgan fingerprint density at radius 3 is 2.40 bits per heavy atom. The van der Waals surface area contributed by atoms with Gasteiger partial charge in [-0.3, -0.25) is 0 Å². The predicted octanol–water partition coefficient (Wildman–Crippen LogP) is 3.55. The van der Waals surface area contributed by atoms with Crippen molar-refractivity contribution in [2.75, 3.05) is 37.6 Å². The topological polar surface area (TPSA) is 35.6 Å². The smallest absolute Gasteiger partial charge is 0.317 e. The lowest BCUT2D eigenvalue weighted by atomic mass is 10.1. The Bertz CT molecular complexity index is 715. The van der Waals surface area contributed by atoms with Crippen LogP contribution in [0.25, 0.3) is 0 Å². The molecule has 0 aliphatic carbocycles. The van der Waals surface area contributed by atoms with Crippen molar-refractivity contribution in [1.82, 2.24) is 10.2 Å². The molecule has 2 amide bonds. The summed E-state index contributed by atoms with van der Waals surface area (Å²) in [5, 5.41) is 3.65. The van der Waals surface area contributed by atoms with E-state index in [1.807, 2.05) is 35.2 Å². The third-order valence-electron chi connectivity index (χ3n) is 4.36. The van der Waals surface area contributed by atoms with Crippen molar-refractivity contribution in [3.05, 3.63) is 64.9 Å². The van der Waals surface area contributed by atoms with Crippen LogP contribution in [0.3, 0.4) is 0 Å². The number of rotatable bonds is 4. The summed E-state index contributed by atoms with van der Waals surface area (Å²) in [6, 6.07) is 14.3. The molecule has 3 rings (SSSR count). The number of halogens is 2. The highest BCUT2D eigenvalue weighted by Gasteiger charge is 2.22. The van der Waals surface area contributed by atoms with E-state index < -0.39 is 0 Å². The van der Waals surface area contributed by atoms with Crippen molar-refractivity contribution in [3.8, 4) is 0 Å². The molecule has 1 aliphatic rings. The van der Waals surface area contributed by atoms with Crippen LogP contribution in [0.15, 0.2) is 48.5 Å². The van der Waals surface area contributed by atoms with Gasteiger partial charge in [0.1, 0.15) is 5.82 Å². The lowest BCUT2D eigenvalue weighted by Gasteiger charge is -2.36. The minimum Gasteiger partial charge on any atom is -0.366 e. The van der Waals surface area contributed by atoms with E-state index in [0.717, 1.165) is 12.0 Å². The van der Waals surface area contributed by atoms with E-state index in [1.165, 1.54) is 6.07 Å². The molecule has 1 aliphatic heterocycles.